The summed E-state index contributed by atoms with van der Waals surface area (Å²) in [4.78, 5) is 7.93. The van der Waals surface area contributed by atoms with Crippen LogP contribution in [-0.4, -0.2) is 23.4 Å². The Labute approximate surface area is 115 Å². The molecule has 1 aromatic heterocycles. The van der Waals surface area contributed by atoms with Crippen LogP contribution in [0.15, 0.2) is 47.8 Å². The van der Waals surface area contributed by atoms with Crippen LogP contribution < -0.4 is 10.5 Å². The minimum atomic E-state index is -3.69. The predicted molar refractivity (Wildman–Crippen MR) is 75.2 cm³/mol. The number of nitrogens with one attached hydrogen (secondary N) is 1. The lowest BCUT2D eigenvalue weighted by Crippen LogP contribution is -2.15. The van der Waals surface area contributed by atoms with Crippen LogP contribution in [0.5, 0.6) is 0 Å². The van der Waals surface area contributed by atoms with Crippen molar-refractivity contribution in [2.75, 3.05) is 4.72 Å². The van der Waals surface area contributed by atoms with Crippen LogP contribution in [0, 0.1) is 0 Å². The monoisotopic (exact) mass is 294 g/mol. The highest BCUT2D eigenvalue weighted by Crippen LogP contribution is 2.14. The largest absolute Gasteiger partial charge is 0.389 e. The van der Waals surface area contributed by atoms with Gasteiger partial charge in [0.25, 0.3) is 10.0 Å². The zero-order valence-corrected chi connectivity index (χ0v) is 11.3. The number of aromatic nitrogens is 2. The molecule has 8 heteroatoms. The number of rotatable bonds is 4. The molecule has 0 aliphatic heterocycles. The molecule has 6 nitrogen and oxygen atoms in total. The van der Waals surface area contributed by atoms with Crippen LogP contribution in [0.3, 0.4) is 0 Å². The van der Waals surface area contributed by atoms with E-state index in [1.54, 1.807) is 12.1 Å². The molecule has 0 saturated heterocycles. The fourth-order valence-corrected chi connectivity index (χ4v) is 2.48. The molecule has 3 N–H and O–H groups in total. The molecule has 98 valence electrons. The van der Waals surface area contributed by atoms with E-state index in [0.29, 0.717) is 5.56 Å². The van der Waals surface area contributed by atoms with Gasteiger partial charge in [-0.15, -0.1) is 0 Å². The Morgan fingerprint density at radius 2 is 1.89 bits per heavy atom. The van der Waals surface area contributed by atoms with Gasteiger partial charge in [-0.3, -0.25) is 9.71 Å². The molecule has 0 aliphatic rings. The first-order valence-electron chi connectivity index (χ1n) is 5.18. The Balaban J connectivity index is 2.27. The first-order valence-corrected chi connectivity index (χ1v) is 7.07. The van der Waals surface area contributed by atoms with Crippen LogP contribution in [-0.2, 0) is 10.0 Å². The van der Waals surface area contributed by atoms with E-state index in [4.69, 9.17) is 18.0 Å². The Morgan fingerprint density at radius 1 is 1.21 bits per heavy atom. The van der Waals surface area contributed by atoms with E-state index >= 15 is 0 Å². The van der Waals surface area contributed by atoms with Gasteiger partial charge < -0.3 is 5.73 Å². The lowest BCUT2D eigenvalue weighted by atomic mass is 10.2. The third-order valence-electron chi connectivity index (χ3n) is 2.25. The Bertz CT molecular complexity index is 684. The van der Waals surface area contributed by atoms with Crippen molar-refractivity contribution >= 4 is 33.0 Å². The number of benzene rings is 1. The molecule has 0 bridgehead atoms. The lowest BCUT2D eigenvalue weighted by molar-refractivity contribution is 0.601. The van der Waals surface area contributed by atoms with Crippen LogP contribution in [0.2, 0.25) is 0 Å². The topological polar surface area (TPSA) is 98.0 Å². The summed E-state index contributed by atoms with van der Waals surface area (Å²) < 4.78 is 26.4. The second-order valence-electron chi connectivity index (χ2n) is 3.58. The summed E-state index contributed by atoms with van der Waals surface area (Å²) in [6, 6.07) is 5.95. The Hall–Kier alpha value is -2.06. The van der Waals surface area contributed by atoms with E-state index in [2.05, 4.69) is 14.7 Å². The van der Waals surface area contributed by atoms with Crippen LogP contribution >= 0.6 is 12.2 Å². The van der Waals surface area contributed by atoms with Crippen molar-refractivity contribution < 1.29 is 8.42 Å². The summed E-state index contributed by atoms with van der Waals surface area (Å²) in [5, 5.41) is 0. The molecule has 1 aromatic carbocycles. The quantitative estimate of drug-likeness (QED) is 0.813. The van der Waals surface area contributed by atoms with E-state index in [1.165, 1.54) is 30.7 Å². The maximum Gasteiger partial charge on any atom is 0.263 e. The van der Waals surface area contributed by atoms with E-state index in [0.717, 1.165) is 0 Å². The van der Waals surface area contributed by atoms with Gasteiger partial charge in [-0.1, -0.05) is 24.4 Å². The maximum absolute atomic E-state index is 12.0. The summed E-state index contributed by atoms with van der Waals surface area (Å²) in [6.07, 6.45) is 4.17. The zero-order valence-electron chi connectivity index (χ0n) is 9.65. The fourth-order valence-electron chi connectivity index (χ4n) is 1.35. The van der Waals surface area contributed by atoms with E-state index < -0.39 is 10.0 Å². The average molecular weight is 294 g/mol. The van der Waals surface area contributed by atoms with Gasteiger partial charge in [0.15, 0.2) is 5.82 Å². The average Bonchev–Trinajstić information content (AvgIpc) is 2.39. The van der Waals surface area contributed by atoms with Crippen LogP contribution in [0.25, 0.3) is 0 Å². The normalized spacial score (nSPS) is 10.9. The predicted octanol–water partition coefficient (Wildman–Crippen LogP) is 0.912. The third-order valence-corrected chi connectivity index (χ3v) is 3.86. The molecular weight excluding hydrogens is 284 g/mol. The second kappa shape index (κ2) is 5.29. The van der Waals surface area contributed by atoms with Crippen molar-refractivity contribution in [2.45, 2.75) is 4.90 Å². The smallest absolute Gasteiger partial charge is 0.263 e. The lowest BCUT2D eigenvalue weighted by Gasteiger charge is -2.07. The minimum absolute atomic E-state index is 0.0955. The van der Waals surface area contributed by atoms with Gasteiger partial charge in [0.2, 0.25) is 0 Å². The summed E-state index contributed by atoms with van der Waals surface area (Å²) in [6.45, 7) is 0. The molecule has 0 atom stereocenters. The molecule has 0 spiro atoms. The van der Waals surface area contributed by atoms with E-state index in [1.807, 2.05) is 0 Å². The van der Waals surface area contributed by atoms with E-state index in [9.17, 15) is 8.42 Å². The number of hydrogen-bond acceptors (Lipinski definition) is 5. The third kappa shape index (κ3) is 3.24. The van der Waals surface area contributed by atoms with Crippen LogP contribution in [0.1, 0.15) is 5.56 Å². The van der Waals surface area contributed by atoms with Gasteiger partial charge in [-0.05, 0) is 12.1 Å². The molecule has 2 aromatic rings. The number of thiocarbonyl (C=S) groups is 1. The Morgan fingerprint density at radius 3 is 2.42 bits per heavy atom. The SMILES string of the molecule is NC(=S)c1ccc(S(=O)(=O)Nc2cnccn2)cc1. The standard InChI is InChI=1S/C11H10N4O2S2/c12-11(18)8-1-3-9(4-2-8)19(16,17)15-10-7-13-5-6-14-10/h1-7H,(H2,12,18)(H,14,15). The molecule has 2 rings (SSSR count). The highest BCUT2D eigenvalue weighted by atomic mass is 32.2. The van der Waals surface area contributed by atoms with Crippen molar-refractivity contribution in [3.63, 3.8) is 0 Å². The maximum atomic E-state index is 12.0. The van der Waals surface area contributed by atoms with Gasteiger partial charge in [0.05, 0.1) is 11.1 Å². The number of nitrogens with zero attached hydrogens (tertiary/aromatic N) is 2. The molecular formula is C11H10N4O2S2. The van der Waals surface area contributed by atoms with Crippen molar-refractivity contribution in [1.29, 1.82) is 0 Å². The number of nitrogens with two attached hydrogens (primary N) is 1. The molecule has 1 heterocycles. The Kier molecular flexibility index (Phi) is 3.72. The van der Waals surface area contributed by atoms with Gasteiger partial charge in [0.1, 0.15) is 4.99 Å². The number of anilines is 1. The zero-order chi connectivity index (χ0) is 13.9. The molecule has 19 heavy (non-hydrogen) atoms. The van der Waals surface area contributed by atoms with Gasteiger partial charge >= 0.3 is 0 Å². The molecule has 0 fully saturated rings. The minimum Gasteiger partial charge on any atom is -0.389 e. The van der Waals surface area contributed by atoms with Crippen molar-refractivity contribution in [1.82, 2.24) is 9.97 Å². The number of sulfonamides is 1. The summed E-state index contributed by atoms with van der Waals surface area (Å²) in [5.41, 5.74) is 6.05. The van der Waals surface area contributed by atoms with Crippen molar-refractivity contribution in [3.8, 4) is 0 Å². The molecule has 0 aliphatic carbocycles. The summed E-state index contributed by atoms with van der Waals surface area (Å²) in [7, 11) is -3.69. The van der Waals surface area contributed by atoms with E-state index in [-0.39, 0.29) is 15.7 Å². The molecule has 0 radical (unpaired) electrons. The molecule has 0 amide bonds. The number of hydrogen-bond donors (Lipinski definition) is 2. The van der Waals surface area contributed by atoms with Gasteiger partial charge in [-0.2, -0.15) is 0 Å². The fraction of sp³-hybridized carbons (Fsp3) is 0. The van der Waals surface area contributed by atoms with Crippen molar-refractivity contribution in [3.05, 3.63) is 48.4 Å². The summed E-state index contributed by atoms with van der Waals surface area (Å²) in [5.74, 6) is 0.154. The van der Waals surface area contributed by atoms with Crippen molar-refractivity contribution in [2.24, 2.45) is 5.73 Å². The van der Waals surface area contributed by atoms with Gasteiger partial charge in [0, 0.05) is 18.0 Å². The van der Waals surface area contributed by atoms with Gasteiger partial charge in [-0.25, -0.2) is 13.4 Å². The first kappa shape index (κ1) is 13.4. The summed E-state index contributed by atoms with van der Waals surface area (Å²) >= 11 is 4.80. The highest BCUT2D eigenvalue weighted by Gasteiger charge is 2.14. The highest BCUT2D eigenvalue weighted by molar-refractivity contribution is 7.92. The second-order valence-corrected chi connectivity index (χ2v) is 5.71. The van der Waals surface area contributed by atoms with Crippen LogP contribution in [0.4, 0.5) is 5.82 Å². The molecule has 0 saturated carbocycles. The molecule has 0 unspecified atom stereocenters. The first-order chi connectivity index (χ1) is 8.99.